The van der Waals surface area contributed by atoms with Gasteiger partial charge < -0.3 is 10.4 Å². The maximum absolute atomic E-state index is 12.5. The molecule has 1 aromatic heterocycles. The van der Waals surface area contributed by atoms with E-state index in [0.29, 0.717) is 0 Å². The van der Waals surface area contributed by atoms with Crippen LogP contribution in [0.3, 0.4) is 0 Å². The molecule has 0 aliphatic heterocycles. The third kappa shape index (κ3) is 3.62. The molecule has 0 spiro atoms. The Kier molecular flexibility index (Phi) is 4.48. The summed E-state index contributed by atoms with van der Waals surface area (Å²) in [6, 6.07) is 10.9. The van der Waals surface area contributed by atoms with Gasteiger partial charge in [0.2, 0.25) is 5.91 Å². The molecule has 1 saturated carbocycles. The number of nitrogens with one attached hydrogen (secondary N) is 1. The number of benzene rings is 1. The van der Waals surface area contributed by atoms with Gasteiger partial charge in [0.1, 0.15) is 0 Å². The zero-order valence-corrected chi connectivity index (χ0v) is 13.7. The van der Waals surface area contributed by atoms with Crippen molar-refractivity contribution in [1.29, 1.82) is 0 Å². The number of thiophene rings is 1. The van der Waals surface area contributed by atoms with Crippen LogP contribution in [0.15, 0.2) is 41.8 Å². The van der Waals surface area contributed by atoms with Crippen LogP contribution < -0.4 is 5.32 Å². The highest BCUT2D eigenvalue weighted by Crippen LogP contribution is 2.50. The Hall–Kier alpha value is -2.14. The highest BCUT2D eigenvalue weighted by Gasteiger charge is 2.45. The van der Waals surface area contributed by atoms with E-state index in [0.717, 1.165) is 12.0 Å². The molecule has 2 aromatic rings. The number of aliphatic carboxylic acids is 1. The quantitative estimate of drug-likeness (QED) is 0.852. The minimum absolute atomic E-state index is 0.0349. The lowest BCUT2D eigenvalue weighted by atomic mass is 10.0. The van der Waals surface area contributed by atoms with Gasteiger partial charge in [0.05, 0.1) is 12.5 Å². The Morgan fingerprint density at radius 3 is 2.65 bits per heavy atom. The highest BCUT2D eigenvalue weighted by molar-refractivity contribution is 7.10. The topological polar surface area (TPSA) is 66.4 Å². The van der Waals surface area contributed by atoms with Crippen LogP contribution in [0.5, 0.6) is 0 Å². The van der Waals surface area contributed by atoms with Crippen molar-refractivity contribution in [3.63, 3.8) is 0 Å². The number of carbonyl (C=O) groups is 2. The molecule has 3 rings (SSSR count). The Morgan fingerprint density at radius 2 is 2.04 bits per heavy atom. The van der Waals surface area contributed by atoms with Crippen molar-refractivity contribution in [1.82, 2.24) is 5.32 Å². The van der Waals surface area contributed by atoms with Crippen LogP contribution in [-0.4, -0.2) is 17.0 Å². The van der Waals surface area contributed by atoms with Crippen molar-refractivity contribution in [2.45, 2.75) is 31.7 Å². The van der Waals surface area contributed by atoms with Crippen LogP contribution in [0.25, 0.3) is 0 Å². The lowest BCUT2D eigenvalue weighted by Crippen LogP contribution is -2.31. The minimum Gasteiger partial charge on any atom is -0.481 e. The molecule has 2 N–H and O–H groups in total. The number of carboxylic acids is 1. The maximum atomic E-state index is 12.5. The monoisotopic (exact) mass is 329 g/mol. The Morgan fingerprint density at radius 1 is 1.30 bits per heavy atom. The van der Waals surface area contributed by atoms with E-state index in [-0.39, 0.29) is 24.2 Å². The molecule has 0 radical (unpaired) electrons. The summed E-state index contributed by atoms with van der Waals surface area (Å²) in [5.41, 5.74) is 2.06. The predicted molar refractivity (Wildman–Crippen MR) is 89.5 cm³/mol. The zero-order chi connectivity index (χ0) is 16.4. The number of amides is 1. The largest absolute Gasteiger partial charge is 0.481 e. The van der Waals surface area contributed by atoms with E-state index in [1.807, 2.05) is 30.3 Å². The molecule has 1 aliphatic carbocycles. The minimum atomic E-state index is -0.916. The van der Waals surface area contributed by atoms with E-state index in [1.165, 1.54) is 10.4 Å². The van der Waals surface area contributed by atoms with Crippen molar-refractivity contribution in [2.24, 2.45) is 5.92 Å². The normalized spacial score (nSPS) is 20.7. The van der Waals surface area contributed by atoms with Crippen molar-refractivity contribution in [3.05, 3.63) is 57.8 Å². The van der Waals surface area contributed by atoms with E-state index >= 15 is 0 Å². The molecule has 1 aliphatic rings. The standard InChI is InChI=1S/C18H19NO3S/c1-11-7-8-23-17(11)13-9-14(13)18(22)19-15(10-16(20)21)12-5-3-2-4-6-12/h2-8,13-15H,9-10H2,1H3,(H,19,22)(H,20,21)/t13-,14-,15+/m1/s1. The molecule has 3 atom stereocenters. The molecule has 1 aromatic carbocycles. The third-order valence-electron chi connectivity index (χ3n) is 4.26. The first kappa shape index (κ1) is 15.7. The molecule has 0 saturated heterocycles. The fourth-order valence-corrected chi connectivity index (χ4v) is 4.04. The van der Waals surface area contributed by atoms with Gasteiger partial charge in [-0.15, -0.1) is 11.3 Å². The van der Waals surface area contributed by atoms with Crippen LogP contribution in [0.2, 0.25) is 0 Å². The molecule has 4 nitrogen and oxygen atoms in total. The number of hydrogen-bond donors (Lipinski definition) is 2. The average molecular weight is 329 g/mol. The van der Waals surface area contributed by atoms with Gasteiger partial charge in [-0.1, -0.05) is 30.3 Å². The Bertz CT molecular complexity index is 710. The zero-order valence-electron chi connectivity index (χ0n) is 12.9. The second kappa shape index (κ2) is 6.54. The smallest absolute Gasteiger partial charge is 0.305 e. The van der Waals surface area contributed by atoms with E-state index in [9.17, 15) is 9.59 Å². The Balaban J connectivity index is 1.68. The molecular weight excluding hydrogens is 310 g/mol. The molecular formula is C18H19NO3S. The summed E-state index contributed by atoms with van der Waals surface area (Å²) in [7, 11) is 0. The van der Waals surface area contributed by atoms with Gasteiger partial charge >= 0.3 is 5.97 Å². The second-order valence-electron chi connectivity index (χ2n) is 5.99. The molecule has 1 heterocycles. The van der Waals surface area contributed by atoms with Crippen LogP contribution in [0, 0.1) is 12.8 Å². The molecule has 5 heteroatoms. The van der Waals surface area contributed by atoms with Crippen molar-refractivity contribution >= 4 is 23.2 Å². The lowest BCUT2D eigenvalue weighted by molar-refractivity contribution is -0.137. The van der Waals surface area contributed by atoms with E-state index < -0.39 is 12.0 Å². The third-order valence-corrected chi connectivity index (χ3v) is 5.41. The number of aryl methyl sites for hydroxylation is 1. The Labute approximate surface area is 139 Å². The average Bonchev–Trinajstić information content (AvgIpc) is 3.21. The first-order valence-corrected chi connectivity index (χ1v) is 8.55. The van der Waals surface area contributed by atoms with Gasteiger partial charge in [0, 0.05) is 16.7 Å². The fraction of sp³-hybridized carbons (Fsp3) is 0.333. The number of carbonyl (C=O) groups excluding carboxylic acids is 1. The van der Waals surface area contributed by atoms with Crippen molar-refractivity contribution in [3.8, 4) is 0 Å². The van der Waals surface area contributed by atoms with Gasteiger partial charge in [-0.3, -0.25) is 9.59 Å². The van der Waals surface area contributed by atoms with Crippen LogP contribution >= 0.6 is 11.3 Å². The molecule has 0 unspecified atom stereocenters. The summed E-state index contributed by atoms with van der Waals surface area (Å²) in [5.74, 6) is -0.706. The van der Waals surface area contributed by atoms with E-state index in [2.05, 4.69) is 23.7 Å². The first-order valence-electron chi connectivity index (χ1n) is 7.67. The summed E-state index contributed by atoms with van der Waals surface area (Å²) in [5, 5.41) is 14.1. The molecule has 23 heavy (non-hydrogen) atoms. The molecule has 120 valence electrons. The van der Waals surface area contributed by atoms with Crippen molar-refractivity contribution in [2.75, 3.05) is 0 Å². The van der Waals surface area contributed by atoms with Crippen LogP contribution in [-0.2, 0) is 9.59 Å². The van der Waals surface area contributed by atoms with Gasteiger partial charge in [-0.2, -0.15) is 0 Å². The fourth-order valence-electron chi connectivity index (χ4n) is 2.93. The summed E-state index contributed by atoms with van der Waals surface area (Å²) >= 11 is 1.69. The summed E-state index contributed by atoms with van der Waals surface area (Å²) in [6.45, 7) is 2.07. The number of hydrogen-bond acceptors (Lipinski definition) is 3. The van der Waals surface area contributed by atoms with Gasteiger partial charge in [-0.05, 0) is 35.9 Å². The molecule has 0 bridgehead atoms. The van der Waals surface area contributed by atoms with Crippen LogP contribution in [0.1, 0.15) is 40.8 Å². The van der Waals surface area contributed by atoms with Crippen LogP contribution in [0.4, 0.5) is 0 Å². The van der Waals surface area contributed by atoms with Gasteiger partial charge in [0.15, 0.2) is 0 Å². The van der Waals surface area contributed by atoms with Crippen molar-refractivity contribution < 1.29 is 14.7 Å². The SMILES string of the molecule is Cc1ccsc1[C@@H]1C[C@H]1C(=O)N[C@@H](CC(=O)O)c1ccccc1. The second-order valence-corrected chi connectivity index (χ2v) is 6.93. The maximum Gasteiger partial charge on any atom is 0.305 e. The van der Waals surface area contributed by atoms with E-state index in [4.69, 9.17) is 5.11 Å². The predicted octanol–water partition coefficient (Wildman–Crippen LogP) is 3.49. The number of carboxylic acid groups (broad SMARTS) is 1. The van der Waals surface area contributed by atoms with Gasteiger partial charge in [0.25, 0.3) is 0 Å². The van der Waals surface area contributed by atoms with Gasteiger partial charge in [-0.25, -0.2) is 0 Å². The number of rotatable bonds is 6. The summed E-state index contributed by atoms with van der Waals surface area (Å²) < 4.78 is 0. The van der Waals surface area contributed by atoms with E-state index in [1.54, 1.807) is 11.3 Å². The highest BCUT2D eigenvalue weighted by atomic mass is 32.1. The lowest BCUT2D eigenvalue weighted by Gasteiger charge is -2.17. The molecule has 1 fully saturated rings. The molecule has 1 amide bonds. The summed E-state index contributed by atoms with van der Waals surface area (Å²) in [6.07, 6.45) is 0.743. The first-order chi connectivity index (χ1) is 11.1. The summed E-state index contributed by atoms with van der Waals surface area (Å²) in [4.78, 5) is 24.9.